The first kappa shape index (κ1) is 9.01. The number of hydrogen-bond donors (Lipinski definition) is 1. The molecule has 0 aromatic carbocycles. The van der Waals surface area contributed by atoms with Gasteiger partial charge in [0.25, 0.3) is 0 Å². The summed E-state index contributed by atoms with van der Waals surface area (Å²) in [5.74, 6) is 1.42. The molecular formula is C9H19NO. The van der Waals surface area contributed by atoms with E-state index in [0.29, 0.717) is 17.3 Å². The van der Waals surface area contributed by atoms with Gasteiger partial charge in [-0.1, -0.05) is 13.8 Å². The molecule has 1 rings (SSSR count). The first-order valence-corrected chi connectivity index (χ1v) is 4.36. The molecule has 0 aromatic rings. The molecule has 0 heterocycles. The molecule has 2 atom stereocenters. The van der Waals surface area contributed by atoms with Gasteiger partial charge >= 0.3 is 0 Å². The molecule has 2 N–H and O–H groups in total. The van der Waals surface area contributed by atoms with E-state index in [1.54, 1.807) is 7.11 Å². The molecule has 2 unspecified atom stereocenters. The minimum atomic E-state index is 0.420. The van der Waals surface area contributed by atoms with Gasteiger partial charge in [0, 0.05) is 12.5 Å². The Morgan fingerprint density at radius 2 is 2.27 bits per heavy atom. The standard InChI is InChI=1S/C9H19NO/c1-7(2)9(6-11-3)4-8(9)5-10/h7-8H,4-6,10H2,1-3H3. The first-order chi connectivity index (χ1) is 5.17. The molecule has 0 amide bonds. The van der Waals surface area contributed by atoms with E-state index in [2.05, 4.69) is 13.8 Å². The summed E-state index contributed by atoms with van der Waals surface area (Å²) in [5, 5.41) is 0. The van der Waals surface area contributed by atoms with E-state index in [0.717, 1.165) is 13.2 Å². The monoisotopic (exact) mass is 157 g/mol. The van der Waals surface area contributed by atoms with Gasteiger partial charge < -0.3 is 10.5 Å². The van der Waals surface area contributed by atoms with Gasteiger partial charge in [0.2, 0.25) is 0 Å². The smallest absolute Gasteiger partial charge is 0.0524 e. The third-order valence-corrected chi connectivity index (χ3v) is 3.13. The van der Waals surface area contributed by atoms with Crippen molar-refractivity contribution >= 4 is 0 Å². The number of methoxy groups -OCH3 is 1. The second-order valence-electron chi connectivity index (χ2n) is 3.96. The molecule has 1 saturated carbocycles. The summed E-state index contributed by atoms with van der Waals surface area (Å²) in [6, 6.07) is 0. The van der Waals surface area contributed by atoms with Gasteiger partial charge in [-0.15, -0.1) is 0 Å². The highest BCUT2D eigenvalue weighted by atomic mass is 16.5. The zero-order valence-electron chi connectivity index (χ0n) is 7.76. The van der Waals surface area contributed by atoms with Crippen LogP contribution in [-0.2, 0) is 4.74 Å². The van der Waals surface area contributed by atoms with E-state index < -0.39 is 0 Å². The van der Waals surface area contributed by atoms with E-state index in [-0.39, 0.29) is 0 Å². The van der Waals surface area contributed by atoms with Crippen LogP contribution < -0.4 is 5.73 Å². The van der Waals surface area contributed by atoms with Crippen molar-refractivity contribution in [3.8, 4) is 0 Å². The Kier molecular flexibility index (Phi) is 2.55. The van der Waals surface area contributed by atoms with Crippen LogP contribution in [0.4, 0.5) is 0 Å². The molecule has 0 aromatic heterocycles. The molecule has 0 aliphatic heterocycles. The highest BCUT2D eigenvalue weighted by molar-refractivity contribution is 5.04. The highest BCUT2D eigenvalue weighted by Crippen LogP contribution is 2.57. The normalized spacial score (nSPS) is 36.3. The lowest BCUT2D eigenvalue weighted by Crippen LogP contribution is -2.22. The molecule has 0 radical (unpaired) electrons. The Bertz CT molecular complexity index is 136. The van der Waals surface area contributed by atoms with E-state index in [1.807, 2.05) is 0 Å². The minimum Gasteiger partial charge on any atom is -0.384 e. The maximum atomic E-state index is 5.62. The van der Waals surface area contributed by atoms with Crippen molar-refractivity contribution in [2.75, 3.05) is 20.3 Å². The zero-order chi connectivity index (χ0) is 8.48. The Hall–Kier alpha value is -0.0800. The quantitative estimate of drug-likeness (QED) is 0.666. The van der Waals surface area contributed by atoms with Crippen LogP contribution in [0.25, 0.3) is 0 Å². The molecule has 1 fully saturated rings. The van der Waals surface area contributed by atoms with Crippen molar-refractivity contribution in [2.24, 2.45) is 23.0 Å². The lowest BCUT2D eigenvalue weighted by molar-refractivity contribution is 0.105. The molecule has 0 spiro atoms. The molecule has 66 valence electrons. The van der Waals surface area contributed by atoms with Crippen LogP contribution in [0.2, 0.25) is 0 Å². The summed E-state index contributed by atoms with van der Waals surface area (Å²) in [5.41, 5.74) is 6.04. The second kappa shape index (κ2) is 3.11. The van der Waals surface area contributed by atoms with Crippen LogP contribution in [0.3, 0.4) is 0 Å². The summed E-state index contributed by atoms with van der Waals surface area (Å²) in [4.78, 5) is 0. The number of rotatable bonds is 4. The van der Waals surface area contributed by atoms with Gasteiger partial charge in [0.15, 0.2) is 0 Å². The number of ether oxygens (including phenoxy) is 1. The number of hydrogen-bond acceptors (Lipinski definition) is 2. The Morgan fingerprint density at radius 3 is 2.55 bits per heavy atom. The summed E-state index contributed by atoms with van der Waals surface area (Å²) in [7, 11) is 1.77. The summed E-state index contributed by atoms with van der Waals surface area (Å²) < 4.78 is 5.21. The predicted molar refractivity (Wildman–Crippen MR) is 46.3 cm³/mol. The lowest BCUT2D eigenvalue weighted by Gasteiger charge is -2.20. The van der Waals surface area contributed by atoms with E-state index in [9.17, 15) is 0 Å². The van der Waals surface area contributed by atoms with E-state index >= 15 is 0 Å². The summed E-state index contributed by atoms with van der Waals surface area (Å²) in [6.45, 7) is 6.22. The second-order valence-corrected chi connectivity index (χ2v) is 3.96. The van der Waals surface area contributed by atoms with Crippen molar-refractivity contribution < 1.29 is 4.74 Å². The Morgan fingerprint density at radius 1 is 1.64 bits per heavy atom. The van der Waals surface area contributed by atoms with E-state index in [1.165, 1.54) is 6.42 Å². The molecule has 0 saturated heterocycles. The average Bonchev–Trinajstić information content (AvgIpc) is 2.65. The zero-order valence-corrected chi connectivity index (χ0v) is 7.76. The molecule has 1 aliphatic rings. The van der Waals surface area contributed by atoms with Gasteiger partial charge in [0.05, 0.1) is 6.61 Å². The molecule has 1 aliphatic carbocycles. The Labute approximate surface area is 69.1 Å². The molecule has 2 heteroatoms. The molecular weight excluding hydrogens is 138 g/mol. The topological polar surface area (TPSA) is 35.2 Å². The van der Waals surface area contributed by atoms with Gasteiger partial charge in [0.1, 0.15) is 0 Å². The van der Waals surface area contributed by atoms with Crippen molar-refractivity contribution in [3.63, 3.8) is 0 Å². The lowest BCUT2D eigenvalue weighted by atomic mass is 9.90. The van der Waals surface area contributed by atoms with Gasteiger partial charge in [-0.25, -0.2) is 0 Å². The van der Waals surface area contributed by atoms with Crippen LogP contribution in [0.1, 0.15) is 20.3 Å². The largest absolute Gasteiger partial charge is 0.384 e. The van der Waals surface area contributed by atoms with Crippen molar-refractivity contribution in [1.29, 1.82) is 0 Å². The average molecular weight is 157 g/mol. The van der Waals surface area contributed by atoms with Gasteiger partial charge in [-0.2, -0.15) is 0 Å². The summed E-state index contributed by atoms with van der Waals surface area (Å²) in [6.07, 6.45) is 1.26. The van der Waals surface area contributed by atoms with Crippen LogP contribution in [0.5, 0.6) is 0 Å². The fraction of sp³-hybridized carbons (Fsp3) is 1.00. The van der Waals surface area contributed by atoms with Gasteiger partial charge in [-0.3, -0.25) is 0 Å². The number of nitrogens with two attached hydrogens (primary N) is 1. The summed E-state index contributed by atoms with van der Waals surface area (Å²) >= 11 is 0. The van der Waals surface area contributed by atoms with Crippen molar-refractivity contribution in [2.45, 2.75) is 20.3 Å². The molecule has 2 nitrogen and oxygen atoms in total. The maximum Gasteiger partial charge on any atom is 0.0524 e. The van der Waals surface area contributed by atoms with Crippen LogP contribution in [-0.4, -0.2) is 20.3 Å². The predicted octanol–water partition coefficient (Wildman–Crippen LogP) is 1.25. The first-order valence-electron chi connectivity index (χ1n) is 4.36. The van der Waals surface area contributed by atoms with Crippen molar-refractivity contribution in [1.82, 2.24) is 0 Å². The van der Waals surface area contributed by atoms with Crippen LogP contribution >= 0.6 is 0 Å². The Balaban J connectivity index is 2.48. The van der Waals surface area contributed by atoms with Crippen molar-refractivity contribution in [3.05, 3.63) is 0 Å². The highest BCUT2D eigenvalue weighted by Gasteiger charge is 2.54. The fourth-order valence-corrected chi connectivity index (χ4v) is 2.04. The maximum absolute atomic E-state index is 5.62. The fourth-order valence-electron chi connectivity index (χ4n) is 2.04. The van der Waals surface area contributed by atoms with Crippen LogP contribution in [0.15, 0.2) is 0 Å². The molecule has 0 bridgehead atoms. The van der Waals surface area contributed by atoms with Gasteiger partial charge in [-0.05, 0) is 24.8 Å². The third-order valence-electron chi connectivity index (χ3n) is 3.13. The third kappa shape index (κ3) is 1.42. The molecule has 11 heavy (non-hydrogen) atoms. The minimum absolute atomic E-state index is 0.420. The SMILES string of the molecule is COCC1(C(C)C)CC1CN. The van der Waals surface area contributed by atoms with Crippen LogP contribution in [0, 0.1) is 17.3 Å². The van der Waals surface area contributed by atoms with E-state index in [4.69, 9.17) is 10.5 Å².